The number of thiazole rings is 1. The molecule has 5 heteroatoms. The molecule has 1 aromatic rings. The maximum Gasteiger partial charge on any atom is 0.191 e. The van der Waals surface area contributed by atoms with Crippen molar-refractivity contribution in [2.24, 2.45) is 5.92 Å². The van der Waals surface area contributed by atoms with Gasteiger partial charge in [0, 0.05) is 30.5 Å². The molecule has 1 aromatic heterocycles. The monoisotopic (exact) mass is 226 g/mol. The zero-order valence-electron chi connectivity index (χ0n) is 8.35. The second-order valence-corrected chi connectivity index (χ2v) is 4.68. The number of nitrogens with one attached hydrogen (secondary N) is 1. The molecule has 1 aliphatic rings. The molecule has 2 atom stereocenters. The quantitative estimate of drug-likeness (QED) is 0.744. The maximum absolute atomic E-state index is 11.7. The molecule has 15 heavy (non-hydrogen) atoms. The largest absolute Gasteiger partial charge is 0.393 e. The first-order chi connectivity index (χ1) is 7.27. The first-order valence-corrected chi connectivity index (χ1v) is 5.97. The van der Waals surface area contributed by atoms with Gasteiger partial charge in [-0.2, -0.15) is 0 Å². The highest BCUT2D eigenvalue weighted by Gasteiger charge is 2.26. The van der Waals surface area contributed by atoms with E-state index < -0.39 is 0 Å². The number of aliphatic hydroxyl groups is 1. The molecule has 2 rings (SSSR count). The number of nitrogens with zero attached hydrogens (tertiary/aromatic N) is 1. The van der Waals surface area contributed by atoms with Crippen molar-refractivity contribution in [2.75, 3.05) is 13.1 Å². The highest BCUT2D eigenvalue weighted by atomic mass is 32.1. The van der Waals surface area contributed by atoms with Crippen LogP contribution in [0.1, 0.15) is 22.6 Å². The average molecular weight is 226 g/mol. The highest BCUT2D eigenvalue weighted by Crippen LogP contribution is 2.18. The van der Waals surface area contributed by atoms with Gasteiger partial charge in [0.25, 0.3) is 0 Å². The second kappa shape index (κ2) is 4.83. The fraction of sp³-hybridized carbons (Fsp3) is 0.600. The average Bonchev–Trinajstić information content (AvgIpc) is 2.74. The van der Waals surface area contributed by atoms with Crippen LogP contribution in [0.3, 0.4) is 0 Å². The van der Waals surface area contributed by atoms with Gasteiger partial charge in [-0.15, -0.1) is 11.3 Å². The Balaban J connectivity index is 1.93. The summed E-state index contributed by atoms with van der Waals surface area (Å²) in [7, 11) is 0. The van der Waals surface area contributed by atoms with E-state index in [1.165, 1.54) is 11.3 Å². The van der Waals surface area contributed by atoms with Crippen LogP contribution in [0.25, 0.3) is 0 Å². The minimum atomic E-state index is -0.352. The number of Topliss-reactive ketones (excluding diaryl/α,β-unsaturated/α-hetero) is 1. The molecule has 0 spiro atoms. The number of hydrogen-bond donors (Lipinski definition) is 2. The molecular formula is C10H14N2O2S. The van der Waals surface area contributed by atoms with Crippen LogP contribution in [0.2, 0.25) is 0 Å². The van der Waals surface area contributed by atoms with Crippen LogP contribution in [-0.4, -0.2) is 35.1 Å². The van der Waals surface area contributed by atoms with Crippen LogP contribution in [-0.2, 0) is 0 Å². The van der Waals surface area contributed by atoms with Crippen LogP contribution >= 0.6 is 11.3 Å². The van der Waals surface area contributed by atoms with Gasteiger partial charge in [0.2, 0.25) is 0 Å². The van der Waals surface area contributed by atoms with Crippen molar-refractivity contribution in [2.45, 2.75) is 18.9 Å². The molecule has 82 valence electrons. The summed E-state index contributed by atoms with van der Waals surface area (Å²) >= 11 is 1.36. The molecule has 1 aliphatic heterocycles. The molecule has 0 saturated carbocycles. The molecule has 0 bridgehead atoms. The standard InChI is InChI=1S/C10H14N2O2S/c13-8-1-2-11-6-7(8)5-9(14)10-12-3-4-15-10/h3-4,7-8,11,13H,1-2,5-6H2/t7-,8-/m0/s1. The van der Waals surface area contributed by atoms with E-state index in [-0.39, 0.29) is 17.8 Å². The molecule has 0 amide bonds. The van der Waals surface area contributed by atoms with Gasteiger partial charge in [-0.1, -0.05) is 0 Å². The number of hydrogen-bond acceptors (Lipinski definition) is 5. The lowest BCUT2D eigenvalue weighted by atomic mass is 9.91. The van der Waals surface area contributed by atoms with E-state index in [4.69, 9.17) is 0 Å². The first-order valence-electron chi connectivity index (χ1n) is 5.09. The third-order valence-corrected chi connectivity index (χ3v) is 3.50. The zero-order valence-corrected chi connectivity index (χ0v) is 9.17. The van der Waals surface area contributed by atoms with E-state index in [0.717, 1.165) is 19.5 Å². The van der Waals surface area contributed by atoms with Gasteiger partial charge in [-0.3, -0.25) is 4.79 Å². The van der Waals surface area contributed by atoms with Crippen molar-refractivity contribution in [3.05, 3.63) is 16.6 Å². The highest BCUT2D eigenvalue weighted by molar-refractivity contribution is 7.11. The summed E-state index contributed by atoms with van der Waals surface area (Å²) in [6.45, 7) is 1.56. The SMILES string of the molecule is O=C(C[C@H]1CNCC[C@@H]1O)c1nccs1. The lowest BCUT2D eigenvalue weighted by molar-refractivity contribution is 0.0648. The van der Waals surface area contributed by atoms with Crippen molar-refractivity contribution >= 4 is 17.1 Å². The third-order valence-electron chi connectivity index (χ3n) is 2.69. The summed E-state index contributed by atoms with van der Waals surface area (Å²) in [6.07, 6.45) is 2.40. The Morgan fingerprint density at radius 2 is 2.60 bits per heavy atom. The predicted octanol–water partition coefficient (Wildman–Crippen LogP) is 0.686. The van der Waals surface area contributed by atoms with Gasteiger partial charge < -0.3 is 10.4 Å². The zero-order chi connectivity index (χ0) is 10.7. The molecule has 1 saturated heterocycles. The smallest absolute Gasteiger partial charge is 0.191 e. The van der Waals surface area contributed by atoms with Crippen LogP contribution < -0.4 is 5.32 Å². The minimum Gasteiger partial charge on any atom is -0.393 e. The molecule has 1 fully saturated rings. The Labute approximate surface area is 92.3 Å². The van der Waals surface area contributed by atoms with E-state index in [1.54, 1.807) is 11.6 Å². The van der Waals surface area contributed by atoms with Gasteiger partial charge >= 0.3 is 0 Å². The number of piperidine rings is 1. The van der Waals surface area contributed by atoms with Gasteiger partial charge in [-0.25, -0.2) is 4.98 Å². The normalized spacial score (nSPS) is 26.5. The predicted molar refractivity (Wildman–Crippen MR) is 58.0 cm³/mol. The van der Waals surface area contributed by atoms with Gasteiger partial charge in [0.15, 0.2) is 10.8 Å². The van der Waals surface area contributed by atoms with E-state index in [2.05, 4.69) is 10.3 Å². The number of carbonyl (C=O) groups excluding carboxylic acids is 1. The lowest BCUT2D eigenvalue weighted by Gasteiger charge is -2.27. The van der Waals surface area contributed by atoms with Crippen molar-refractivity contribution in [1.29, 1.82) is 0 Å². The van der Waals surface area contributed by atoms with E-state index in [0.29, 0.717) is 11.4 Å². The van der Waals surface area contributed by atoms with Crippen LogP contribution in [0.5, 0.6) is 0 Å². The van der Waals surface area contributed by atoms with Crippen LogP contribution in [0.4, 0.5) is 0 Å². The molecule has 2 N–H and O–H groups in total. The Hall–Kier alpha value is -0.780. The fourth-order valence-corrected chi connectivity index (χ4v) is 2.39. The van der Waals surface area contributed by atoms with E-state index in [1.807, 2.05) is 0 Å². The van der Waals surface area contributed by atoms with Crippen molar-refractivity contribution in [3.8, 4) is 0 Å². The summed E-state index contributed by atoms with van der Waals surface area (Å²) < 4.78 is 0. The number of ketones is 1. The summed E-state index contributed by atoms with van der Waals surface area (Å²) in [6, 6.07) is 0. The molecular weight excluding hydrogens is 212 g/mol. The Bertz CT molecular complexity index is 326. The molecule has 0 aromatic carbocycles. The third kappa shape index (κ3) is 2.62. The summed E-state index contributed by atoms with van der Waals surface area (Å²) in [4.78, 5) is 15.7. The number of aromatic nitrogens is 1. The van der Waals surface area contributed by atoms with Gasteiger partial charge in [0.1, 0.15) is 0 Å². The van der Waals surface area contributed by atoms with Crippen LogP contribution in [0, 0.1) is 5.92 Å². The molecule has 0 unspecified atom stereocenters. The minimum absolute atomic E-state index is 0.0372. The van der Waals surface area contributed by atoms with E-state index in [9.17, 15) is 9.90 Å². The Morgan fingerprint density at radius 3 is 3.27 bits per heavy atom. The summed E-state index contributed by atoms with van der Waals surface area (Å²) in [5, 5.41) is 15.2. The van der Waals surface area contributed by atoms with Crippen molar-refractivity contribution < 1.29 is 9.90 Å². The molecule has 4 nitrogen and oxygen atoms in total. The maximum atomic E-state index is 11.7. The van der Waals surface area contributed by atoms with Crippen molar-refractivity contribution in [1.82, 2.24) is 10.3 Å². The molecule has 0 aliphatic carbocycles. The second-order valence-electron chi connectivity index (χ2n) is 3.78. The fourth-order valence-electron chi connectivity index (χ4n) is 1.80. The Morgan fingerprint density at radius 1 is 1.73 bits per heavy atom. The lowest BCUT2D eigenvalue weighted by Crippen LogP contribution is -2.40. The topological polar surface area (TPSA) is 62.2 Å². The van der Waals surface area contributed by atoms with Gasteiger partial charge in [0.05, 0.1) is 6.10 Å². The molecule has 0 radical (unpaired) electrons. The number of rotatable bonds is 3. The van der Waals surface area contributed by atoms with E-state index >= 15 is 0 Å². The molecule has 2 heterocycles. The first kappa shape index (κ1) is 10.7. The Kier molecular flexibility index (Phi) is 3.45. The summed E-state index contributed by atoms with van der Waals surface area (Å²) in [5.74, 6) is 0.0768. The van der Waals surface area contributed by atoms with Crippen molar-refractivity contribution in [3.63, 3.8) is 0 Å². The number of aliphatic hydroxyl groups excluding tert-OH is 1. The van der Waals surface area contributed by atoms with Crippen LogP contribution in [0.15, 0.2) is 11.6 Å². The number of carbonyl (C=O) groups is 1. The summed E-state index contributed by atoms with van der Waals surface area (Å²) in [5.41, 5.74) is 0. The van der Waals surface area contributed by atoms with Gasteiger partial charge in [-0.05, 0) is 13.0 Å².